The van der Waals surface area contributed by atoms with Crippen molar-refractivity contribution in [3.63, 3.8) is 0 Å². The number of hydrogen-bond acceptors (Lipinski definition) is 5. The molecule has 2 aromatic carbocycles. The molecule has 0 saturated heterocycles. The minimum absolute atomic E-state index is 0.101. The molecular formula is C20H24BrN3O3S. The molecule has 28 heavy (non-hydrogen) atoms. The molecule has 6 nitrogen and oxygen atoms in total. The monoisotopic (exact) mass is 465 g/mol. The van der Waals surface area contributed by atoms with Crippen LogP contribution in [0.2, 0.25) is 0 Å². The third-order valence-electron chi connectivity index (χ3n) is 3.80. The Labute approximate surface area is 179 Å². The van der Waals surface area contributed by atoms with E-state index in [1.54, 1.807) is 6.21 Å². The van der Waals surface area contributed by atoms with E-state index in [1.165, 1.54) is 11.1 Å². The molecule has 0 unspecified atom stereocenters. The lowest BCUT2D eigenvalue weighted by Gasteiger charge is -2.15. The lowest BCUT2D eigenvalue weighted by molar-refractivity contribution is 0.207. The number of hydrogen-bond donors (Lipinski definition) is 2. The predicted molar refractivity (Wildman–Crippen MR) is 120 cm³/mol. The Morgan fingerprint density at radius 3 is 2.57 bits per heavy atom. The average molecular weight is 466 g/mol. The Hall–Kier alpha value is -2.32. The van der Waals surface area contributed by atoms with Gasteiger partial charge in [-0.05, 0) is 89.9 Å². The van der Waals surface area contributed by atoms with Crippen molar-refractivity contribution in [1.82, 2.24) is 5.43 Å². The van der Waals surface area contributed by atoms with Gasteiger partial charge in [-0.3, -0.25) is 5.43 Å². The molecule has 0 spiro atoms. The lowest BCUT2D eigenvalue weighted by atomic mass is 10.1. The van der Waals surface area contributed by atoms with Crippen LogP contribution in [0.25, 0.3) is 0 Å². The second-order valence-corrected chi connectivity index (χ2v) is 7.23. The van der Waals surface area contributed by atoms with E-state index in [4.69, 9.17) is 32.2 Å². The fraction of sp³-hybridized carbons (Fsp3) is 0.300. The number of benzene rings is 2. The van der Waals surface area contributed by atoms with Gasteiger partial charge in [0.05, 0.1) is 17.3 Å². The minimum Gasteiger partial charge on any atom is -0.490 e. The van der Waals surface area contributed by atoms with Gasteiger partial charge in [-0.2, -0.15) is 5.10 Å². The average Bonchev–Trinajstić information content (AvgIpc) is 2.63. The first kappa shape index (κ1) is 22.0. The van der Waals surface area contributed by atoms with E-state index in [0.717, 1.165) is 15.8 Å². The maximum atomic E-state index is 5.90. The molecular weight excluding hydrogens is 442 g/mol. The van der Waals surface area contributed by atoms with E-state index in [0.29, 0.717) is 31.3 Å². The largest absolute Gasteiger partial charge is 0.490 e. The van der Waals surface area contributed by atoms with Crippen LogP contribution in [0, 0.1) is 13.8 Å². The summed E-state index contributed by atoms with van der Waals surface area (Å²) in [4.78, 5) is 0. The van der Waals surface area contributed by atoms with Gasteiger partial charge in [0.2, 0.25) is 0 Å². The number of ether oxygens (including phenoxy) is 3. The second-order valence-electron chi connectivity index (χ2n) is 5.94. The molecule has 2 rings (SSSR count). The van der Waals surface area contributed by atoms with Crippen LogP contribution in [0.4, 0.5) is 0 Å². The highest BCUT2D eigenvalue weighted by molar-refractivity contribution is 9.10. The van der Waals surface area contributed by atoms with Crippen molar-refractivity contribution in [2.45, 2.75) is 20.8 Å². The molecule has 0 aromatic heterocycles. The third-order valence-corrected chi connectivity index (χ3v) is 4.48. The van der Waals surface area contributed by atoms with Crippen LogP contribution >= 0.6 is 28.1 Å². The molecule has 2 aromatic rings. The molecule has 0 atom stereocenters. The Bertz CT molecular complexity index is 859. The van der Waals surface area contributed by atoms with Crippen molar-refractivity contribution in [2.75, 3.05) is 19.8 Å². The molecule has 0 heterocycles. The Balaban J connectivity index is 2.01. The molecule has 150 valence electrons. The minimum atomic E-state index is 0.101. The number of rotatable bonds is 9. The zero-order valence-electron chi connectivity index (χ0n) is 16.1. The summed E-state index contributed by atoms with van der Waals surface area (Å²) in [6, 6.07) is 9.72. The summed E-state index contributed by atoms with van der Waals surface area (Å²) in [5.41, 5.74) is 11.1. The van der Waals surface area contributed by atoms with Crippen molar-refractivity contribution >= 4 is 39.5 Å². The van der Waals surface area contributed by atoms with Crippen LogP contribution in [-0.4, -0.2) is 31.1 Å². The zero-order valence-corrected chi connectivity index (χ0v) is 18.5. The van der Waals surface area contributed by atoms with Crippen LogP contribution in [0.5, 0.6) is 17.2 Å². The van der Waals surface area contributed by atoms with Gasteiger partial charge in [0.1, 0.15) is 19.0 Å². The molecule has 0 amide bonds. The van der Waals surface area contributed by atoms with Crippen LogP contribution < -0.4 is 25.4 Å². The van der Waals surface area contributed by atoms with Crippen LogP contribution in [0.15, 0.2) is 39.9 Å². The van der Waals surface area contributed by atoms with E-state index in [1.807, 2.05) is 37.3 Å². The maximum absolute atomic E-state index is 5.90. The highest BCUT2D eigenvalue weighted by Gasteiger charge is 2.12. The van der Waals surface area contributed by atoms with Gasteiger partial charge in [0, 0.05) is 0 Å². The van der Waals surface area contributed by atoms with Crippen molar-refractivity contribution in [3.8, 4) is 17.2 Å². The quantitative estimate of drug-likeness (QED) is 0.251. The summed E-state index contributed by atoms with van der Waals surface area (Å²) in [7, 11) is 0. The molecule has 3 N–H and O–H groups in total. The van der Waals surface area contributed by atoms with Gasteiger partial charge in [-0.15, -0.1) is 0 Å². The number of thiocarbonyl (C=S) groups is 1. The predicted octanol–water partition coefficient (Wildman–Crippen LogP) is 4.09. The fourth-order valence-corrected chi connectivity index (χ4v) is 2.97. The number of aryl methyl sites for hydroxylation is 2. The Morgan fingerprint density at radius 2 is 1.89 bits per heavy atom. The van der Waals surface area contributed by atoms with Crippen LogP contribution in [0.1, 0.15) is 23.6 Å². The number of nitrogens with zero attached hydrogens (tertiary/aromatic N) is 1. The molecule has 0 aliphatic heterocycles. The molecule has 0 saturated carbocycles. The van der Waals surface area contributed by atoms with E-state index in [9.17, 15) is 0 Å². The number of nitrogens with one attached hydrogen (secondary N) is 1. The summed E-state index contributed by atoms with van der Waals surface area (Å²) in [6.07, 6.45) is 1.60. The van der Waals surface area contributed by atoms with Gasteiger partial charge in [-0.1, -0.05) is 6.07 Å². The molecule has 0 aliphatic rings. The molecule has 0 radical (unpaired) electrons. The Morgan fingerprint density at radius 1 is 1.14 bits per heavy atom. The zero-order chi connectivity index (χ0) is 20.5. The number of nitrogens with two attached hydrogens (primary N) is 1. The van der Waals surface area contributed by atoms with E-state index in [-0.39, 0.29) is 5.11 Å². The van der Waals surface area contributed by atoms with Crippen molar-refractivity contribution < 1.29 is 14.2 Å². The lowest BCUT2D eigenvalue weighted by Crippen LogP contribution is -2.24. The summed E-state index contributed by atoms with van der Waals surface area (Å²) >= 11 is 8.24. The van der Waals surface area contributed by atoms with Gasteiger partial charge in [0.15, 0.2) is 16.6 Å². The van der Waals surface area contributed by atoms with E-state index < -0.39 is 0 Å². The first-order valence-electron chi connectivity index (χ1n) is 8.78. The normalized spacial score (nSPS) is 10.7. The first-order valence-corrected chi connectivity index (χ1v) is 9.98. The molecule has 0 bridgehead atoms. The van der Waals surface area contributed by atoms with E-state index >= 15 is 0 Å². The summed E-state index contributed by atoms with van der Waals surface area (Å²) < 4.78 is 18.1. The summed E-state index contributed by atoms with van der Waals surface area (Å²) in [5, 5.41) is 4.06. The summed E-state index contributed by atoms with van der Waals surface area (Å²) in [5.74, 6) is 2.05. The van der Waals surface area contributed by atoms with Crippen LogP contribution in [0.3, 0.4) is 0 Å². The standard InChI is InChI=1S/C20H24BrN3O3S/c1-4-25-18-11-15(12-23-24-20(22)28)10-17(21)19(18)27-8-7-26-16-6-5-13(2)14(3)9-16/h5-6,9-12H,4,7-8H2,1-3H3,(H3,22,24,28). The second kappa shape index (κ2) is 10.9. The van der Waals surface area contributed by atoms with Gasteiger partial charge in [0.25, 0.3) is 0 Å². The molecule has 0 aliphatic carbocycles. The van der Waals surface area contributed by atoms with Crippen LogP contribution in [-0.2, 0) is 0 Å². The van der Waals surface area contributed by atoms with Crippen molar-refractivity contribution in [3.05, 3.63) is 51.5 Å². The number of hydrazone groups is 1. The third kappa shape index (κ3) is 6.69. The number of halogens is 1. The summed E-state index contributed by atoms with van der Waals surface area (Å²) in [6.45, 7) is 7.35. The molecule has 0 fully saturated rings. The smallest absolute Gasteiger partial charge is 0.184 e. The van der Waals surface area contributed by atoms with Crippen molar-refractivity contribution in [1.29, 1.82) is 0 Å². The molecule has 8 heteroatoms. The topological polar surface area (TPSA) is 78.1 Å². The Kier molecular flexibility index (Phi) is 8.53. The van der Waals surface area contributed by atoms with Gasteiger partial charge >= 0.3 is 0 Å². The van der Waals surface area contributed by atoms with Gasteiger partial charge in [-0.25, -0.2) is 0 Å². The highest BCUT2D eigenvalue weighted by atomic mass is 79.9. The van der Waals surface area contributed by atoms with Gasteiger partial charge < -0.3 is 19.9 Å². The fourth-order valence-electron chi connectivity index (χ4n) is 2.34. The first-order chi connectivity index (χ1) is 13.4. The van der Waals surface area contributed by atoms with Crippen molar-refractivity contribution in [2.24, 2.45) is 10.8 Å². The maximum Gasteiger partial charge on any atom is 0.184 e. The van der Waals surface area contributed by atoms with E-state index in [2.05, 4.69) is 40.3 Å². The SMILES string of the molecule is CCOc1cc(C=NNC(N)=S)cc(Br)c1OCCOc1ccc(C)c(C)c1. The highest BCUT2D eigenvalue weighted by Crippen LogP contribution is 2.36.